The monoisotopic (exact) mass is 808 g/mol. The van der Waals surface area contributed by atoms with Crippen molar-refractivity contribution in [1.29, 1.82) is 0 Å². The van der Waals surface area contributed by atoms with Gasteiger partial charge in [0.1, 0.15) is 73.2 Å². The number of hydrogen-bond donors (Lipinski definition) is 10. The van der Waals surface area contributed by atoms with E-state index in [1.165, 1.54) is 36.2 Å². The van der Waals surface area contributed by atoms with Crippen LogP contribution >= 0.6 is 11.8 Å². The van der Waals surface area contributed by atoms with E-state index < -0.39 is 112 Å². The summed E-state index contributed by atoms with van der Waals surface area (Å²) in [5, 5.41) is 105. The molecule has 19 heteroatoms. The molecule has 10 N–H and O–H groups in total. The predicted molar refractivity (Wildman–Crippen MR) is 193 cm³/mol. The first-order chi connectivity index (χ1) is 25.6. The van der Waals surface area contributed by atoms with Gasteiger partial charge in [-0.15, -0.1) is 0 Å². The molecule has 53 heavy (non-hydrogen) atoms. The van der Waals surface area contributed by atoms with E-state index in [1.807, 2.05) is 11.8 Å². The minimum Gasteiger partial charge on any atom is -0.394 e. The van der Waals surface area contributed by atoms with E-state index in [2.05, 4.69) is 30.3 Å². The third kappa shape index (κ3) is 12.9. The fourth-order valence-electron chi connectivity index (χ4n) is 6.22. The summed E-state index contributed by atoms with van der Waals surface area (Å²) in [6.07, 6.45) is -19.9. The lowest BCUT2D eigenvalue weighted by Gasteiger charge is -2.48. The van der Waals surface area contributed by atoms with Crippen LogP contribution in [0, 0.1) is 0 Å². The van der Waals surface area contributed by atoms with E-state index >= 15 is 0 Å². The number of thioether (sulfide) groups is 1. The smallest absolute Gasteiger partial charge is 0.187 e. The zero-order valence-electron chi connectivity index (χ0n) is 29.6. The Morgan fingerprint density at radius 1 is 0.547 bits per heavy atom. The van der Waals surface area contributed by atoms with Crippen molar-refractivity contribution in [2.24, 2.45) is 0 Å². The number of aliphatic hydroxyl groups excluding tert-OH is 10. The van der Waals surface area contributed by atoms with Crippen molar-refractivity contribution in [3.8, 4) is 0 Å². The summed E-state index contributed by atoms with van der Waals surface area (Å²) >= 11 is 1.90. The van der Waals surface area contributed by atoms with Crippen molar-refractivity contribution in [2.45, 2.75) is 136 Å². The number of unbranched alkanes of at least 4 members (excludes halogenated alkanes) is 1. The first kappa shape index (κ1) is 45.1. The van der Waals surface area contributed by atoms with Gasteiger partial charge >= 0.3 is 0 Å². The second-order valence-corrected chi connectivity index (χ2v) is 17.4. The van der Waals surface area contributed by atoms with Gasteiger partial charge in [-0.05, 0) is 30.8 Å². The maximum Gasteiger partial charge on any atom is 0.187 e. The molecule has 0 amide bonds. The van der Waals surface area contributed by atoms with Gasteiger partial charge in [0.25, 0.3) is 0 Å². The summed E-state index contributed by atoms with van der Waals surface area (Å²) in [7, 11) is 1.90. The number of aliphatic hydroxyl groups is 10. The third-order valence-electron chi connectivity index (χ3n) is 9.31. The Kier molecular flexibility index (Phi) is 20.0. The highest BCUT2D eigenvalue weighted by Crippen LogP contribution is 2.32. The molecule has 15 atom stereocenters. The van der Waals surface area contributed by atoms with Gasteiger partial charge in [-0.3, -0.25) is 0 Å². The van der Waals surface area contributed by atoms with Gasteiger partial charge in [0.05, 0.1) is 29.3 Å². The highest BCUT2D eigenvalue weighted by Gasteiger charge is 2.53. The maximum atomic E-state index is 10.9. The normalized spacial score (nSPS) is 37.9. The molecule has 302 valence electrons. The van der Waals surface area contributed by atoms with Crippen LogP contribution in [0.15, 0.2) is 30.3 Å². The second-order valence-electron chi connectivity index (χ2n) is 13.3. The Bertz CT molecular complexity index is 1130. The largest absolute Gasteiger partial charge is 0.394 e. The number of hydrogen-bond acceptors (Lipinski definition) is 17. The summed E-state index contributed by atoms with van der Waals surface area (Å²) in [5.41, 5.74) is 0. The SMILES string of the molecule is OCC1O[C@@H](O[C@H]2C(CO)O[C@@H](O[C@H]3C(O)C(O)[C@@H](OCCCCSCCC[Si]CCC[Si]c4ccccc4)O[C@@H]3CO)C(O)[C@H]2O)C(O)[C@@H](O)[C@H]1O. The second kappa shape index (κ2) is 23.6. The molecule has 0 spiro atoms. The van der Waals surface area contributed by atoms with Crippen molar-refractivity contribution >= 4 is 36.0 Å². The molecule has 3 saturated heterocycles. The number of rotatable bonds is 22. The van der Waals surface area contributed by atoms with Crippen LogP contribution in [-0.2, 0) is 28.4 Å². The van der Waals surface area contributed by atoms with Crippen LogP contribution in [0.3, 0.4) is 0 Å². The molecule has 4 rings (SSSR count). The van der Waals surface area contributed by atoms with Gasteiger partial charge in [-0.25, -0.2) is 0 Å². The molecule has 3 fully saturated rings. The van der Waals surface area contributed by atoms with Crippen LogP contribution in [0.1, 0.15) is 25.7 Å². The van der Waals surface area contributed by atoms with Crippen molar-refractivity contribution in [2.75, 3.05) is 37.9 Å². The van der Waals surface area contributed by atoms with Crippen LogP contribution in [0.25, 0.3) is 0 Å². The fraction of sp³-hybridized carbons (Fsp3) is 0.824. The summed E-state index contributed by atoms with van der Waals surface area (Å²) in [6.45, 7) is -1.96. The number of ether oxygens (including phenoxy) is 6. The van der Waals surface area contributed by atoms with Crippen LogP contribution in [-0.4, -0.2) is 200 Å². The van der Waals surface area contributed by atoms with E-state index in [0.29, 0.717) is 6.42 Å². The molecular weight excluding hydrogens is 753 g/mol. The minimum absolute atomic E-state index is 0.244. The highest BCUT2D eigenvalue weighted by atomic mass is 32.2. The molecule has 3 heterocycles. The average molecular weight is 809 g/mol. The lowest BCUT2D eigenvalue weighted by molar-refractivity contribution is -0.379. The molecule has 0 aliphatic carbocycles. The average Bonchev–Trinajstić information content (AvgIpc) is 3.17. The van der Waals surface area contributed by atoms with Gasteiger partial charge in [0.2, 0.25) is 0 Å². The topological polar surface area (TPSA) is 258 Å². The summed E-state index contributed by atoms with van der Waals surface area (Å²) in [5.74, 6) is 2.08. The molecule has 1 aromatic carbocycles. The molecule has 3 aliphatic rings. The first-order valence-corrected chi connectivity index (χ1v) is 21.9. The minimum atomic E-state index is -1.89. The quantitative estimate of drug-likeness (QED) is 0.0407. The Morgan fingerprint density at radius 2 is 1.08 bits per heavy atom. The summed E-state index contributed by atoms with van der Waals surface area (Å²) in [6, 6.07) is 14.5. The molecule has 0 aromatic heterocycles. The van der Waals surface area contributed by atoms with Gasteiger partial charge < -0.3 is 79.5 Å². The Balaban J connectivity index is 1.13. The molecule has 1 aromatic rings. The lowest BCUT2D eigenvalue weighted by Crippen LogP contribution is -2.66. The molecule has 16 nitrogen and oxygen atoms in total. The fourth-order valence-corrected chi connectivity index (χ4v) is 9.96. The molecule has 6 unspecified atom stereocenters. The van der Waals surface area contributed by atoms with Crippen LogP contribution in [0.2, 0.25) is 18.1 Å². The Morgan fingerprint density at radius 3 is 1.70 bits per heavy atom. The summed E-state index contributed by atoms with van der Waals surface area (Å²) in [4.78, 5) is 0. The van der Waals surface area contributed by atoms with Gasteiger partial charge in [-0.1, -0.05) is 60.1 Å². The van der Waals surface area contributed by atoms with Crippen molar-refractivity contribution in [3.05, 3.63) is 30.3 Å². The molecular formula is C34H56O16SSi2. The molecule has 4 radical (unpaired) electrons. The van der Waals surface area contributed by atoms with Gasteiger partial charge in [0, 0.05) is 16.1 Å². The van der Waals surface area contributed by atoms with Crippen molar-refractivity contribution < 1.29 is 79.5 Å². The number of benzene rings is 1. The lowest BCUT2D eigenvalue weighted by atomic mass is 9.96. The van der Waals surface area contributed by atoms with Crippen LogP contribution < -0.4 is 5.19 Å². The van der Waals surface area contributed by atoms with E-state index in [-0.39, 0.29) is 6.61 Å². The predicted octanol–water partition coefficient (Wildman–Crippen LogP) is -3.27. The van der Waals surface area contributed by atoms with E-state index in [4.69, 9.17) is 28.4 Å². The maximum absolute atomic E-state index is 10.9. The van der Waals surface area contributed by atoms with Crippen molar-refractivity contribution in [1.82, 2.24) is 0 Å². The standard InChI is InChI=1S/C34H56O16SSi2/c35-16-20-23(38)24(39)27(42)33(46-20)49-31-22(18-37)48-34(29(44)26(31)41)50-30-21(17-36)47-32(28(43)25(30)40)45-10-4-5-11-51-12-6-13-52-14-7-15-53-19-8-2-1-3-9-19/h1-3,8-9,20-44H,4-7,10-18H2/t20?,21-,22?,23+,24+,25?,26-,27?,28?,29?,30-,31+,32+,33+,34+/m1/s1. The van der Waals surface area contributed by atoms with E-state index in [0.717, 1.165) is 37.0 Å². The van der Waals surface area contributed by atoms with E-state index in [9.17, 15) is 51.1 Å². The van der Waals surface area contributed by atoms with Crippen LogP contribution in [0.5, 0.6) is 0 Å². The Hall–Kier alpha value is -0.636. The van der Waals surface area contributed by atoms with Crippen molar-refractivity contribution in [3.63, 3.8) is 0 Å². The first-order valence-electron chi connectivity index (χ1n) is 18.2. The van der Waals surface area contributed by atoms with Gasteiger partial charge in [0.15, 0.2) is 18.9 Å². The van der Waals surface area contributed by atoms with Gasteiger partial charge in [-0.2, -0.15) is 11.8 Å². The zero-order chi connectivity index (χ0) is 38.3. The summed E-state index contributed by atoms with van der Waals surface area (Å²) < 4.78 is 33.6. The Labute approximate surface area is 319 Å². The van der Waals surface area contributed by atoms with E-state index in [1.54, 1.807) is 0 Å². The molecule has 0 saturated carbocycles. The molecule has 3 aliphatic heterocycles. The third-order valence-corrected chi connectivity index (χ3v) is 13.2. The zero-order valence-corrected chi connectivity index (χ0v) is 32.4. The highest BCUT2D eigenvalue weighted by molar-refractivity contribution is 7.99. The van der Waals surface area contributed by atoms with Crippen LogP contribution in [0.4, 0.5) is 0 Å². The molecule has 0 bridgehead atoms.